The molecule has 2 aliphatic carbocycles. The molecule has 2 fully saturated rings. The maximum atomic E-state index is 13.6. The number of alkyl halides is 3. The predicted molar refractivity (Wildman–Crippen MR) is 183 cm³/mol. The maximum absolute atomic E-state index is 13.6. The third-order valence-electron chi connectivity index (χ3n) is 8.34. The van der Waals surface area contributed by atoms with Crippen LogP contribution in [-0.4, -0.2) is 83.3 Å². The molecule has 6 rings (SSSR count). The highest BCUT2D eigenvalue weighted by molar-refractivity contribution is 5.98. The van der Waals surface area contributed by atoms with Crippen LogP contribution < -0.4 is 30.3 Å². The van der Waals surface area contributed by atoms with Gasteiger partial charge in [-0.2, -0.15) is 13.2 Å². The highest BCUT2D eigenvalue weighted by atomic mass is 19.4. The fraction of sp³-hybridized carbons (Fsp3) is 0.600. The molecule has 0 spiro atoms. The summed E-state index contributed by atoms with van der Waals surface area (Å²) in [6, 6.07) is 2.81. The number of fused-ring (bicyclic) bond motifs is 2. The zero-order chi connectivity index (χ0) is 40.2. The molecule has 2 aliphatic heterocycles. The molecular formula is C35H47F5N6O7. The van der Waals surface area contributed by atoms with E-state index in [-0.39, 0.29) is 55.1 Å². The zero-order valence-electron chi connectivity index (χ0n) is 31.1. The number of nitrogens with one attached hydrogen (secondary N) is 1. The fourth-order valence-corrected chi connectivity index (χ4v) is 6.18. The monoisotopic (exact) mass is 759 g/mol. The van der Waals surface area contributed by atoms with Crippen molar-refractivity contribution in [1.82, 2.24) is 15.3 Å². The number of nitrogens with two attached hydrogens (primary N) is 1. The van der Waals surface area contributed by atoms with Crippen LogP contribution in [0.4, 0.5) is 38.1 Å². The summed E-state index contributed by atoms with van der Waals surface area (Å²) in [6.07, 6.45) is 2.31. The third-order valence-corrected chi connectivity index (χ3v) is 8.34. The Kier molecular flexibility index (Phi) is 14.7. The minimum absolute atomic E-state index is 0.00217. The molecule has 0 atom stereocenters. The lowest BCUT2D eigenvalue weighted by Crippen LogP contribution is -2.50. The summed E-state index contributed by atoms with van der Waals surface area (Å²) in [5.74, 6) is -0.702. The number of anilines is 2. The van der Waals surface area contributed by atoms with Gasteiger partial charge in [-0.25, -0.2) is 23.5 Å². The molecule has 3 amide bonds. The smallest absolute Gasteiger partial charge is 0.446 e. The van der Waals surface area contributed by atoms with Crippen LogP contribution in [-0.2, 0) is 19.1 Å². The van der Waals surface area contributed by atoms with E-state index in [4.69, 9.17) is 26.1 Å². The number of rotatable bonds is 3. The molecule has 0 saturated heterocycles. The number of ether oxygens (including phenoxy) is 3. The second-order valence-electron chi connectivity index (χ2n) is 13.4. The molecule has 4 heterocycles. The van der Waals surface area contributed by atoms with Gasteiger partial charge in [0.2, 0.25) is 18.0 Å². The number of nitrogens with zero attached hydrogens (tertiary/aromatic N) is 4. The Hall–Kier alpha value is -4.61. The first kappa shape index (κ1) is 41.2. The largest absolute Gasteiger partial charge is 0.466 e. The van der Waals surface area contributed by atoms with Crippen LogP contribution in [0.2, 0.25) is 0 Å². The minimum Gasteiger partial charge on any atom is -0.466 e. The molecule has 0 unspecified atom stereocenters. The summed E-state index contributed by atoms with van der Waals surface area (Å²) in [5.41, 5.74) is 6.16. The van der Waals surface area contributed by atoms with Crippen LogP contribution in [0.5, 0.6) is 11.8 Å². The topological polar surface area (TPSA) is 166 Å². The molecule has 53 heavy (non-hydrogen) atoms. The summed E-state index contributed by atoms with van der Waals surface area (Å²) in [6.45, 7) is 7.62. The quantitative estimate of drug-likeness (QED) is 0.290. The van der Waals surface area contributed by atoms with E-state index in [9.17, 15) is 36.3 Å². The minimum atomic E-state index is -4.64. The van der Waals surface area contributed by atoms with Gasteiger partial charge in [0.05, 0.1) is 12.4 Å². The van der Waals surface area contributed by atoms with E-state index in [2.05, 4.69) is 15.3 Å². The van der Waals surface area contributed by atoms with Gasteiger partial charge in [0, 0.05) is 37.7 Å². The molecule has 2 saturated carbocycles. The van der Waals surface area contributed by atoms with Crippen LogP contribution in [0.25, 0.3) is 0 Å². The fourth-order valence-electron chi connectivity index (χ4n) is 6.18. The van der Waals surface area contributed by atoms with Gasteiger partial charge >= 0.3 is 12.3 Å². The molecule has 0 radical (unpaired) electrons. The van der Waals surface area contributed by atoms with Crippen LogP contribution in [0.1, 0.15) is 87.3 Å². The zero-order valence-corrected chi connectivity index (χ0v) is 30.1. The van der Waals surface area contributed by atoms with Gasteiger partial charge in [-0.3, -0.25) is 14.4 Å². The van der Waals surface area contributed by atoms with Gasteiger partial charge < -0.3 is 35.1 Å². The number of amides is 3. The van der Waals surface area contributed by atoms with Crippen molar-refractivity contribution in [3.05, 3.63) is 36.2 Å². The van der Waals surface area contributed by atoms with Gasteiger partial charge in [-0.1, -0.05) is 13.8 Å². The summed E-state index contributed by atoms with van der Waals surface area (Å²) in [7, 11) is 0. The van der Waals surface area contributed by atoms with Crippen molar-refractivity contribution in [2.45, 2.75) is 122 Å². The Labute approximate surface area is 306 Å². The standard InChI is InChI=1S/C18H24FN3O4.C13H16FN3O2.C2HF3O.C2H6/c1-18(2,3)26-17(24)21-12-4-6-13(7-5-12)22-14-8-11(19)9-20-16(14)25-10-15(22)23;14-8-5-11-13(16-6-8)19-7-12(18)17(11)10-3-1-9(15)2-4-10;3-2(4,5)1-6;1-2/h8-9,12-13H,4-7,10H2,1-3H3,(H,21,24);5-6,9-10H,1-4,7,15H2;1H;1-2H3/i;;;1D. The summed E-state index contributed by atoms with van der Waals surface area (Å²) < 4.78 is 80.2. The van der Waals surface area contributed by atoms with E-state index in [0.717, 1.165) is 38.1 Å². The highest BCUT2D eigenvalue weighted by Gasteiger charge is 2.37. The Morgan fingerprint density at radius 2 is 1.28 bits per heavy atom. The predicted octanol–water partition coefficient (Wildman–Crippen LogP) is 5.77. The van der Waals surface area contributed by atoms with Gasteiger partial charge in [0.15, 0.2) is 13.2 Å². The van der Waals surface area contributed by atoms with Crippen molar-refractivity contribution in [3.8, 4) is 11.8 Å². The molecule has 2 aromatic heterocycles. The number of halogens is 5. The Morgan fingerprint density at radius 1 is 0.887 bits per heavy atom. The Morgan fingerprint density at radius 3 is 1.66 bits per heavy atom. The van der Waals surface area contributed by atoms with E-state index in [0.29, 0.717) is 49.8 Å². The summed E-state index contributed by atoms with van der Waals surface area (Å²) in [4.78, 5) is 56.1. The van der Waals surface area contributed by atoms with Gasteiger partial charge in [-0.15, -0.1) is 0 Å². The van der Waals surface area contributed by atoms with Crippen molar-refractivity contribution >= 4 is 35.6 Å². The van der Waals surface area contributed by atoms with E-state index < -0.39 is 35.8 Å². The number of hydrogen-bond acceptors (Lipinski definition) is 10. The van der Waals surface area contributed by atoms with Gasteiger partial charge in [0.25, 0.3) is 11.8 Å². The number of hydrogen-bond donors (Lipinski definition) is 2. The lowest BCUT2D eigenvalue weighted by molar-refractivity contribution is -0.156. The number of carbonyl (C=O) groups is 4. The van der Waals surface area contributed by atoms with Crippen molar-refractivity contribution in [2.24, 2.45) is 5.73 Å². The molecule has 294 valence electrons. The van der Waals surface area contributed by atoms with E-state index in [1.165, 1.54) is 12.1 Å². The van der Waals surface area contributed by atoms with Crippen LogP contribution in [0.15, 0.2) is 24.5 Å². The van der Waals surface area contributed by atoms with Crippen molar-refractivity contribution in [3.63, 3.8) is 0 Å². The lowest BCUT2D eigenvalue weighted by atomic mass is 9.89. The molecular weight excluding hydrogens is 711 g/mol. The number of aldehydes is 1. The summed E-state index contributed by atoms with van der Waals surface area (Å²) >= 11 is 0. The second kappa shape index (κ2) is 18.9. The van der Waals surface area contributed by atoms with Crippen molar-refractivity contribution < 1.29 is 56.7 Å². The van der Waals surface area contributed by atoms with Crippen LogP contribution >= 0.6 is 0 Å². The Balaban J connectivity index is 0.000000244. The lowest BCUT2D eigenvalue weighted by Gasteiger charge is -2.39. The van der Waals surface area contributed by atoms with Gasteiger partial charge in [0.1, 0.15) is 28.6 Å². The third kappa shape index (κ3) is 12.8. The van der Waals surface area contributed by atoms with Gasteiger partial charge in [-0.05, 0) is 72.1 Å². The first-order valence-electron chi connectivity index (χ1n) is 17.8. The van der Waals surface area contributed by atoms with Crippen LogP contribution in [0.3, 0.4) is 0 Å². The molecule has 0 aromatic carbocycles. The van der Waals surface area contributed by atoms with Crippen molar-refractivity contribution in [2.75, 3.05) is 23.0 Å². The van der Waals surface area contributed by atoms with E-state index in [1.54, 1.807) is 16.7 Å². The number of carbonyl (C=O) groups excluding carboxylic acids is 4. The van der Waals surface area contributed by atoms with Crippen molar-refractivity contribution in [1.29, 1.82) is 0 Å². The molecule has 0 bridgehead atoms. The number of pyridine rings is 2. The molecule has 3 N–H and O–H groups in total. The maximum Gasteiger partial charge on any atom is 0.446 e. The molecule has 18 heteroatoms. The number of aromatic nitrogens is 2. The summed E-state index contributed by atoms with van der Waals surface area (Å²) in [5, 5.41) is 2.88. The first-order valence-corrected chi connectivity index (χ1v) is 17.1. The average molecular weight is 760 g/mol. The Bertz CT molecular complexity index is 1580. The molecule has 2 aromatic rings. The van der Waals surface area contributed by atoms with E-state index in [1.807, 2.05) is 20.8 Å². The van der Waals surface area contributed by atoms with Crippen LogP contribution in [0, 0.1) is 11.6 Å². The average Bonchev–Trinajstić information content (AvgIpc) is 3.09. The normalized spacial score (nSPS) is 22.6. The van der Waals surface area contributed by atoms with E-state index >= 15 is 0 Å². The SMILES string of the molecule is CC(C)(C)OC(=O)NC1CCC(N2C(=O)COc3ncc(F)cc32)CC1.NC1CCC(N2C(=O)COc3ncc(F)cc32)CC1.O=CC(F)(F)F.[2H]CC. The number of alkyl carbamates (subject to hydrolysis) is 1. The first-order chi connectivity index (χ1) is 25.3. The molecule has 13 nitrogen and oxygen atoms in total. The second-order valence-corrected chi connectivity index (χ2v) is 13.4. The highest BCUT2D eigenvalue weighted by Crippen LogP contribution is 2.37. The molecule has 4 aliphatic rings.